The number of hydrogen-bond acceptors (Lipinski definition) is 5. The standard InChI is InChI=1S/C17H19FN6O2/c18-11-3-1-10(2-4-11)14-20-13(23-24-14)9-19-12-5-7-17(8-6-12)15(25)21-16(26)22-17/h1-4,12,19H,5-9H2,(H,20,23,24)(H2,21,22,25,26). The van der Waals surface area contributed by atoms with E-state index in [2.05, 4.69) is 31.1 Å². The minimum absolute atomic E-state index is 0.222. The molecule has 9 heteroatoms. The molecule has 1 aliphatic carbocycles. The highest BCUT2D eigenvalue weighted by molar-refractivity contribution is 6.07. The molecule has 1 aromatic carbocycles. The number of carbonyl (C=O) groups excluding carboxylic acids is 2. The van der Waals surface area contributed by atoms with Gasteiger partial charge in [-0.15, -0.1) is 0 Å². The molecule has 2 aliphatic rings. The van der Waals surface area contributed by atoms with Crippen LogP contribution in [0.1, 0.15) is 31.5 Å². The summed E-state index contributed by atoms with van der Waals surface area (Å²) in [5, 5.41) is 15.5. The van der Waals surface area contributed by atoms with Crippen LogP contribution in [0.25, 0.3) is 11.4 Å². The lowest BCUT2D eigenvalue weighted by atomic mass is 9.79. The summed E-state index contributed by atoms with van der Waals surface area (Å²) in [5.41, 5.74) is 0.00792. The number of H-pyrrole nitrogens is 1. The van der Waals surface area contributed by atoms with Gasteiger partial charge in [0.15, 0.2) is 5.82 Å². The fourth-order valence-corrected chi connectivity index (χ4v) is 3.54. The van der Waals surface area contributed by atoms with Gasteiger partial charge in [0.2, 0.25) is 0 Å². The first-order chi connectivity index (χ1) is 12.5. The van der Waals surface area contributed by atoms with Crippen molar-refractivity contribution in [2.24, 2.45) is 0 Å². The molecule has 2 aromatic rings. The van der Waals surface area contributed by atoms with Crippen LogP contribution in [-0.2, 0) is 11.3 Å². The molecule has 2 heterocycles. The van der Waals surface area contributed by atoms with Crippen molar-refractivity contribution in [1.82, 2.24) is 31.1 Å². The molecule has 8 nitrogen and oxygen atoms in total. The summed E-state index contributed by atoms with van der Waals surface area (Å²) < 4.78 is 13.0. The lowest BCUT2D eigenvalue weighted by Gasteiger charge is -2.34. The van der Waals surface area contributed by atoms with Gasteiger partial charge in [0.1, 0.15) is 17.2 Å². The van der Waals surface area contributed by atoms with E-state index in [1.54, 1.807) is 12.1 Å². The molecule has 1 saturated heterocycles. The summed E-state index contributed by atoms with van der Waals surface area (Å²) in [5.74, 6) is 0.694. The van der Waals surface area contributed by atoms with E-state index >= 15 is 0 Å². The van der Waals surface area contributed by atoms with Crippen LogP contribution >= 0.6 is 0 Å². The molecule has 1 saturated carbocycles. The summed E-state index contributed by atoms with van der Waals surface area (Å²) in [6.45, 7) is 0.518. The summed E-state index contributed by atoms with van der Waals surface area (Å²) in [6.07, 6.45) is 2.79. The summed E-state index contributed by atoms with van der Waals surface area (Å²) in [6, 6.07) is 5.86. The summed E-state index contributed by atoms with van der Waals surface area (Å²) in [7, 11) is 0. The number of aromatic nitrogens is 3. The van der Waals surface area contributed by atoms with Crippen molar-refractivity contribution < 1.29 is 14.0 Å². The number of nitrogens with zero attached hydrogens (tertiary/aromatic N) is 2. The number of carbonyl (C=O) groups is 2. The van der Waals surface area contributed by atoms with Gasteiger partial charge >= 0.3 is 6.03 Å². The van der Waals surface area contributed by atoms with E-state index in [0.29, 0.717) is 31.0 Å². The van der Waals surface area contributed by atoms with Gasteiger partial charge in [0.05, 0.1) is 6.54 Å². The van der Waals surface area contributed by atoms with Gasteiger partial charge < -0.3 is 10.6 Å². The second kappa shape index (κ2) is 6.49. The number of halogens is 1. The smallest absolute Gasteiger partial charge is 0.322 e. The molecule has 0 atom stereocenters. The lowest BCUT2D eigenvalue weighted by molar-refractivity contribution is -0.125. The highest BCUT2D eigenvalue weighted by Crippen LogP contribution is 2.31. The van der Waals surface area contributed by atoms with Crippen LogP contribution in [-0.4, -0.2) is 38.7 Å². The zero-order valence-corrected chi connectivity index (χ0v) is 14.0. The van der Waals surface area contributed by atoms with Crippen molar-refractivity contribution in [3.8, 4) is 11.4 Å². The van der Waals surface area contributed by atoms with E-state index < -0.39 is 11.6 Å². The predicted octanol–water partition coefficient (Wildman–Crippen LogP) is 1.22. The Morgan fingerprint density at radius 3 is 2.58 bits per heavy atom. The Morgan fingerprint density at radius 1 is 1.19 bits per heavy atom. The Hall–Kier alpha value is -2.81. The average molecular weight is 358 g/mol. The summed E-state index contributed by atoms with van der Waals surface area (Å²) >= 11 is 0. The van der Waals surface area contributed by atoms with E-state index in [0.717, 1.165) is 18.4 Å². The third-order valence-electron chi connectivity index (χ3n) is 5.05. The average Bonchev–Trinajstić information content (AvgIpc) is 3.20. The molecule has 136 valence electrons. The number of benzene rings is 1. The molecule has 3 amide bonds. The van der Waals surface area contributed by atoms with Gasteiger partial charge in [-0.1, -0.05) is 0 Å². The molecule has 0 unspecified atom stereocenters. The Kier molecular flexibility index (Phi) is 4.15. The van der Waals surface area contributed by atoms with E-state index in [9.17, 15) is 14.0 Å². The number of aromatic amines is 1. The van der Waals surface area contributed by atoms with Crippen LogP contribution in [0.3, 0.4) is 0 Å². The summed E-state index contributed by atoms with van der Waals surface area (Å²) in [4.78, 5) is 27.7. The van der Waals surface area contributed by atoms with Crippen LogP contribution < -0.4 is 16.0 Å². The number of hydrogen-bond donors (Lipinski definition) is 4. The van der Waals surface area contributed by atoms with Gasteiger partial charge in [0.25, 0.3) is 5.91 Å². The maximum absolute atomic E-state index is 13.0. The molecule has 26 heavy (non-hydrogen) atoms. The predicted molar refractivity (Wildman–Crippen MR) is 90.3 cm³/mol. The van der Waals surface area contributed by atoms with Gasteiger partial charge in [-0.3, -0.25) is 15.2 Å². The third kappa shape index (κ3) is 3.17. The van der Waals surface area contributed by atoms with Crippen LogP contribution in [0.5, 0.6) is 0 Å². The zero-order chi connectivity index (χ0) is 18.1. The molecular weight excluding hydrogens is 339 g/mol. The van der Waals surface area contributed by atoms with E-state index in [4.69, 9.17) is 0 Å². The minimum atomic E-state index is -0.739. The van der Waals surface area contributed by atoms with Gasteiger partial charge in [0, 0.05) is 11.6 Å². The van der Waals surface area contributed by atoms with Crippen LogP contribution in [0.2, 0.25) is 0 Å². The first kappa shape index (κ1) is 16.6. The van der Waals surface area contributed by atoms with E-state index in [1.165, 1.54) is 12.1 Å². The molecule has 0 bridgehead atoms. The number of amides is 3. The molecule has 1 aromatic heterocycles. The van der Waals surface area contributed by atoms with Gasteiger partial charge in [-0.05, 0) is 49.9 Å². The van der Waals surface area contributed by atoms with Gasteiger partial charge in [-0.25, -0.2) is 14.2 Å². The number of urea groups is 1. The van der Waals surface area contributed by atoms with Crippen LogP contribution in [0.15, 0.2) is 24.3 Å². The molecule has 0 radical (unpaired) electrons. The quantitative estimate of drug-likeness (QED) is 0.614. The molecular formula is C17H19FN6O2. The van der Waals surface area contributed by atoms with Crippen molar-refractivity contribution in [2.75, 3.05) is 0 Å². The van der Waals surface area contributed by atoms with Crippen molar-refractivity contribution in [3.63, 3.8) is 0 Å². The van der Waals surface area contributed by atoms with Crippen molar-refractivity contribution in [2.45, 2.75) is 43.8 Å². The second-order valence-corrected chi connectivity index (χ2v) is 6.76. The fourth-order valence-electron chi connectivity index (χ4n) is 3.54. The second-order valence-electron chi connectivity index (χ2n) is 6.76. The molecule has 2 fully saturated rings. The van der Waals surface area contributed by atoms with Crippen molar-refractivity contribution in [3.05, 3.63) is 35.9 Å². The minimum Gasteiger partial charge on any atom is -0.323 e. The first-order valence-corrected chi connectivity index (χ1v) is 8.58. The topological polar surface area (TPSA) is 112 Å². The van der Waals surface area contributed by atoms with Crippen LogP contribution in [0, 0.1) is 5.82 Å². The molecule has 1 aliphatic heterocycles. The molecule has 4 N–H and O–H groups in total. The Labute approximate surface area is 149 Å². The number of nitrogens with one attached hydrogen (secondary N) is 4. The van der Waals surface area contributed by atoms with Gasteiger partial charge in [-0.2, -0.15) is 5.10 Å². The monoisotopic (exact) mass is 358 g/mol. The first-order valence-electron chi connectivity index (χ1n) is 8.58. The zero-order valence-electron chi connectivity index (χ0n) is 14.0. The Morgan fingerprint density at radius 2 is 1.92 bits per heavy atom. The molecule has 1 spiro atoms. The number of rotatable bonds is 4. The fraction of sp³-hybridized carbons (Fsp3) is 0.412. The maximum atomic E-state index is 13.0. The Bertz CT molecular complexity index is 826. The normalized spacial score (nSPS) is 25.3. The largest absolute Gasteiger partial charge is 0.323 e. The maximum Gasteiger partial charge on any atom is 0.322 e. The molecule has 4 rings (SSSR count). The van der Waals surface area contributed by atoms with Crippen molar-refractivity contribution in [1.29, 1.82) is 0 Å². The highest BCUT2D eigenvalue weighted by atomic mass is 19.1. The highest BCUT2D eigenvalue weighted by Gasteiger charge is 2.47. The van der Waals surface area contributed by atoms with E-state index in [-0.39, 0.29) is 17.8 Å². The SMILES string of the molecule is O=C1NC(=O)C2(CCC(NCc3nc(-c4ccc(F)cc4)n[nH]3)CC2)N1. The number of imide groups is 1. The lowest BCUT2D eigenvalue weighted by Crippen LogP contribution is -2.52. The van der Waals surface area contributed by atoms with E-state index in [1.807, 2.05) is 0 Å². The Balaban J connectivity index is 1.31. The van der Waals surface area contributed by atoms with Crippen molar-refractivity contribution >= 4 is 11.9 Å². The van der Waals surface area contributed by atoms with Crippen LogP contribution in [0.4, 0.5) is 9.18 Å². The third-order valence-corrected chi connectivity index (χ3v) is 5.05.